The molecule has 0 fully saturated rings. The Morgan fingerprint density at radius 2 is 1.86 bits per heavy atom. The Kier molecular flexibility index (Phi) is 5.93. The quantitative estimate of drug-likeness (QED) is 0.562. The van der Waals surface area contributed by atoms with E-state index in [1.165, 1.54) is 11.1 Å². The fourth-order valence-corrected chi connectivity index (χ4v) is 5.96. The van der Waals surface area contributed by atoms with E-state index in [0.29, 0.717) is 0 Å². The summed E-state index contributed by atoms with van der Waals surface area (Å²) in [4.78, 5) is 0. The molecule has 1 N–H and O–H groups in total. The minimum absolute atomic E-state index is 0.0630. The Morgan fingerprint density at radius 3 is 2.33 bits per heavy atom. The zero-order chi connectivity index (χ0) is 15.7. The third-order valence-corrected chi connectivity index (χ3v) is 6.69. The lowest BCUT2D eigenvalue weighted by molar-refractivity contribution is 0.401. The highest BCUT2D eigenvalue weighted by molar-refractivity contribution is 9.12. The van der Waals surface area contributed by atoms with Crippen molar-refractivity contribution in [3.63, 3.8) is 0 Å². The van der Waals surface area contributed by atoms with E-state index in [2.05, 4.69) is 79.1 Å². The minimum atomic E-state index is 0.0630. The molecule has 1 aromatic carbocycles. The average molecular weight is 498 g/mol. The summed E-state index contributed by atoms with van der Waals surface area (Å²) in [7, 11) is 3.70. The van der Waals surface area contributed by atoms with Crippen molar-refractivity contribution >= 4 is 59.1 Å². The Labute approximate surface area is 154 Å². The average Bonchev–Trinajstić information content (AvgIpc) is 2.75. The van der Waals surface area contributed by atoms with Gasteiger partial charge in [0.05, 0.1) is 20.7 Å². The molecule has 0 saturated heterocycles. The number of aryl methyl sites for hydroxylation is 1. The third kappa shape index (κ3) is 3.39. The smallest absolute Gasteiger partial charge is 0.127 e. The molecule has 0 aliphatic rings. The van der Waals surface area contributed by atoms with Gasteiger partial charge in [-0.2, -0.15) is 0 Å². The van der Waals surface area contributed by atoms with Gasteiger partial charge < -0.3 is 10.1 Å². The molecule has 0 amide bonds. The molecule has 6 heteroatoms. The molecule has 2 rings (SSSR count). The van der Waals surface area contributed by atoms with E-state index in [9.17, 15) is 0 Å². The van der Waals surface area contributed by atoms with Crippen molar-refractivity contribution in [2.45, 2.75) is 19.9 Å². The van der Waals surface area contributed by atoms with Crippen LogP contribution in [-0.4, -0.2) is 14.2 Å². The van der Waals surface area contributed by atoms with Crippen LogP contribution in [-0.2, 0) is 0 Å². The number of rotatable bonds is 4. The maximum Gasteiger partial charge on any atom is 0.127 e. The van der Waals surface area contributed by atoms with Crippen LogP contribution in [0.25, 0.3) is 0 Å². The Hall–Kier alpha value is 0.120. The molecule has 2 nitrogen and oxygen atoms in total. The van der Waals surface area contributed by atoms with Crippen molar-refractivity contribution in [3.8, 4) is 5.75 Å². The van der Waals surface area contributed by atoms with E-state index in [4.69, 9.17) is 4.74 Å². The normalized spacial score (nSPS) is 12.5. The van der Waals surface area contributed by atoms with Crippen LogP contribution in [0, 0.1) is 13.8 Å². The molecule has 21 heavy (non-hydrogen) atoms. The summed E-state index contributed by atoms with van der Waals surface area (Å²) in [5.41, 5.74) is 4.67. The van der Waals surface area contributed by atoms with Crippen LogP contribution in [0.15, 0.2) is 24.2 Å². The van der Waals surface area contributed by atoms with Crippen molar-refractivity contribution in [1.82, 2.24) is 5.32 Å². The first kappa shape index (κ1) is 17.5. The standard InChI is InChI=1S/C15H16Br3NOS/c1-7-5-10(16)8(2)12(14(7)20-4)13(19-3)9-6-11(17)21-15(9)18/h5-6,13,19H,1-4H3. The monoisotopic (exact) mass is 495 g/mol. The van der Waals surface area contributed by atoms with Gasteiger partial charge in [0.15, 0.2) is 0 Å². The first-order valence-corrected chi connectivity index (χ1v) is 9.55. The van der Waals surface area contributed by atoms with E-state index < -0.39 is 0 Å². The second-order valence-corrected chi connectivity index (χ2v) is 9.35. The number of nitrogens with one attached hydrogen (secondary N) is 1. The van der Waals surface area contributed by atoms with Gasteiger partial charge in [0.25, 0.3) is 0 Å². The van der Waals surface area contributed by atoms with E-state index in [0.717, 1.165) is 28.9 Å². The molecule has 0 bridgehead atoms. The van der Waals surface area contributed by atoms with Gasteiger partial charge in [-0.25, -0.2) is 0 Å². The van der Waals surface area contributed by atoms with E-state index in [1.54, 1.807) is 18.4 Å². The molecular weight excluding hydrogens is 482 g/mol. The lowest BCUT2D eigenvalue weighted by atomic mass is 9.94. The number of thiophene rings is 1. The van der Waals surface area contributed by atoms with Crippen LogP contribution >= 0.6 is 59.1 Å². The van der Waals surface area contributed by atoms with E-state index >= 15 is 0 Å². The van der Waals surface area contributed by atoms with Gasteiger partial charge in [-0.05, 0) is 81.6 Å². The van der Waals surface area contributed by atoms with Crippen molar-refractivity contribution < 1.29 is 4.74 Å². The predicted octanol–water partition coefficient (Wildman–Crippen LogP) is 5.97. The molecule has 1 unspecified atom stereocenters. The second kappa shape index (κ2) is 7.13. The number of benzene rings is 1. The first-order valence-electron chi connectivity index (χ1n) is 6.36. The van der Waals surface area contributed by atoms with Gasteiger partial charge in [0, 0.05) is 10.0 Å². The van der Waals surface area contributed by atoms with Gasteiger partial charge >= 0.3 is 0 Å². The highest BCUT2D eigenvalue weighted by Gasteiger charge is 2.25. The Bertz CT molecular complexity index is 669. The van der Waals surface area contributed by atoms with Gasteiger partial charge in [0.2, 0.25) is 0 Å². The molecule has 0 radical (unpaired) electrons. The predicted molar refractivity (Wildman–Crippen MR) is 101 cm³/mol. The lowest BCUT2D eigenvalue weighted by Crippen LogP contribution is -2.20. The zero-order valence-electron chi connectivity index (χ0n) is 12.2. The van der Waals surface area contributed by atoms with E-state index in [1.807, 2.05) is 7.05 Å². The summed E-state index contributed by atoms with van der Waals surface area (Å²) in [6.45, 7) is 4.18. The van der Waals surface area contributed by atoms with Crippen molar-refractivity contribution in [2.75, 3.05) is 14.2 Å². The number of ether oxygens (including phenoxy) is 1. The van der Waals surface area contributed by atoms with Crippen LogP contribution in [0.4, 0.5) is 0 Å². The maximum absolute atomic E-state index is 5.68. The fourth-order valence-electron chi connectivity index (χ4n) is 2.50. The van der Waals surface area contributed by atoms with E-state index in [-0.39, 0.29) is 6.04 Å². The van der Waals surface area contributed by atoms with Crippen LogP contribution in [0.2, 0.25) is 0 Å². The number of halogens is 3. The van der Waals surface area contributed by atoms with Gasteiger partial charge in [-0.1, -0.05) is 15.9 Å². The van der Waals surface area contributed by atoms with Gasteiger partial charge in [-0.15, -0.1) is 11.3 Å². The zero-order valence-corrected chi connectivity index (χ0v) is 17.8. The molecule has 0 saturated carbocycles. The van der Waals surface area contributed by atoms with Crippen molar-refractivity contribution in [2.24, 2.45) is 0 Å². The molecule has 1 aromatic heterocycles. The molecule has 0 spiro atoms. The number of hydrogen-bond donors (Lipinski definition) is 1. The third-order valence-electron chi connectivity index (χ3n) is 3.48. The first-order chi connectivity index (χ1) is 9.90. The van der Waals surface area contributed by atoms with Crippen LogP contribution in [0.5, 0.6) is 5.75 Å². The molecule has 0 aliphatic heterocycles. The molecular formula is C15H16Br3NOS. The second-order valence-electron chi connectivity index (χ2n) is 4.75. The van der Waals surface area contributed by atoms with Gasteiger partial charge in [-0.3, -0.25) is 0 Å². The lowest BCUT2D eigenvalue weighted by Gasteiger charge is -2.24. The Balaban J connectivity index is 2.70. The van der Waals surface area contributed by atoms with Crippen molar-refractivity contribution in [3.05, 3.63) is 46.4 Å². The topological polar surface area (TPSA) is 21.3 Å². The summed E-state index contributed by atoms with van der Waals surface area (Å²) in [5.74, 6) is 0.935. The largest absolute Gasteiger partial charge is 0.496 e. The number of methoxy groups -OCH3 is 1. The molecule has 1 heterocycles. The van der Waals surface area contributed by atoms with Crippen LogP contribution < -0.4 is 10.1 Å². The molecule has 114 valence electrons. The summed E-state index contributed by atoms with van der Waals surface area (Å²) >= 11 is 12.5. The van der Waals surface area contributed by atoms with Gasteiger partial charge in [0.1, 0.15) is 5.75 Å². The summed E-state index contributed by atoms with van der Waals surface area (Å²) < 4.78 is 9.00. The minimum Gasteiger partial charge on any atom is -0.496 e. The Morgan fingerprint density at radius 1 is 1.19 bits per heavy atom. The van der Waals surface area contributed by atoms with Crippen LogP contribution in [0.1, 0.15) is 28.3 Å². The highest BCUT2D eigenvalue weighted by Crippen LogP contribution is 2.43. The highest BCUT2D eigenvalue weighted by atomic mass is 79.9. The SMILES string of the molecule is CNC(c1cc(Br)sc1Br)c1c(C)c(Br)cc(C)c1OC. The summed E-state index contributed by atoms with van der Waals surface area (Å²) in [6, 6.07) is 4.31. The van der Waals surface area contributed by atoms with Crippen LogP contribution in [0.3, 0.4) is 0 Å². The van der Waals surface area contributed by atoms with Crippen molar-refractivity contribution in [1.29, 1.82) is 0 Å². The molecule has 0 aliphatic carbocycles. The summed E-state index contributed by atoms with van der Waals surface area (Å²) in [5, 5.41) is 3.41. The number of hydrogen-bond acceptors (Lipinski definition) is 3. The fraction of sp³-hybridized carbons (Fsp3) is 0.333. The molecule has 1 atom stereocenters. The summed E-state index contributed by atoms with van der Waals surface area (Å²) in [6.07, 6.45) is 0. The maximum atomic E-state index is 5.68. The molecule has 2 aromatic rings.